The van der Waals surface area contributed by atoms with Crippen LogP contribution in [0.3, 0.4) is 0 Å². The Labute approximate surface area is 126 Å². The molecule has 2 nitrogen and oxygen atoms in total. The molecule has 0 bridgehead atoms. The third-order valence-corrected chi connectivity index (χ3v) is 3.54. The Balaban J connectivity index is 2.21. The minimum absolute atomic E-state index is 0.118. The Morgan fingerprint density at radius 2 is 1.90 bits per heavy atom. The lowest BCUT2D eigenvalue weighted by Crippen LogP contribution is -2.07. The van der Waals surface area contributed by atoms with Crippen molar-refractivity contribution in [2.24, 2.45) is 0 Å². The van der Waals surface area contributed by atoms with Crippen LogP contribution in [0.4, 0.5) is 10.1 Å². The number of nitrogens with one attached hydrogen (secondary N) is 1. The molecule has 5 heteroatoms. The van der Waals surface area contributed by atoms with Crippen LogP contribution in [0.2, 0.25) is 10.0 Å². The summed E-state index contributed by atoms with van der Waals surface area (Å²) < 4.78 is 13.0. The highest BCUT2D eigenvalue weighted by Crippen LogP contribution is 2.28. The summed E-state index contributed by atoms with van der Waals surface area (Å²) in [6.07, 6.45) is 0. The number of anilines is 1. The summed E-state index contributed by atoms with van der Waals surface area (Å²) in [6, 6.07) is 11.2. The van der Waals surface area contributed by atoms with Gasteiger partial charge >= 0.3 is 0 Å². The molecular weight excluding hydrogens is 298 g/mol. The summed E-state index contributed by atoms with van der Waals surface area (Å²) in [7, 11) is 0. The van der Waals surface area contributed by atoms with Crippen LogP contribution in [-0.2, 0) is 0 Å². The first-order valence-corrected chi connectivity index (χ1v) is 6.68. The van der Waals surface area contributed by atoms with E-state index in [1.807, 2.05) is 13.0 Å². The normalized spacial score (nSPS) is 11.8. The Kier molecular flexibility index (Phi) is 4.49. The molecule has 0 aromatic heterocycles. The number of hydrogen-bond donors (Lipinski definition) is 1. The van der Waals surface area contributed by atoms with Gasteiger partial charge in [0.2, 0.25) is 0 Å². The van der Waals surface area contributed by atoms with Gasteiger partial charge in [0.25, 0.3) is 0 Å². The molecule has 0 fully saturated rings. The largest absolute Gasteiger partial charge is 0.378 e. The van der Waals surface area contributed by atoms with Gasteiger partial charge in [-0.3, -0.25) is 0 Å². The molecule has 0 aliphatic rings. The molecule has 0 amide bonds. The second-order valence-electron chi connectivity index (χ2n) is 4.34. The zero-order chi connectivity index (χ0) is 14.7. The molecule has 2 rings (SSSR count). The van der Waals surface area contributed by atoms with Crippen LogP contribution in [0.25, 0.3) is 0 Å². The van der Waals surface area contributed by atoms with E-state index in [1.165, 1.54) is 12.1 Å². The molecule has 0 saturated carbocycles. The molecule has 0 aliphatic heterocycles. The Hall–Kier alpha value is -1.76. The molecule has 0 aliphatic carbocycles. The van der Waals surface area contributed by atoms with E-state index in [1.54, 1.807) is 24.3 Å². The van der Waals surface area contributed by atoms with Crippen LogP contribution < -0.4 is 5.32 Å². The molecule has 20 heavy (non-hydrogen) atoms. The molecule has 2 aromatic carbocycles. The summed E-state index contributed by atoms with van der Waals surface area (Å²) >= 11 is 12.0. The van der Waals surface area contributed by atoms with Gasteiger partial charge in [-0.1, -0.05) is 29.3 Å². The third-order valence-electron chi connectivity index (χ3n) is 2.90. The minimum Gasteiger partial charge on any atom is -0.378 e. The van der Waals surface area contributed by atoms with Gasteiger partial charge < -0.3 is 5.32 Å². The number of benzene rings is 2. The second-order valence-corrected chi connectivity index (χ2v) is 5.15. The van der Waals surface area contributed by atoms with E-state index in [0.717, 1.165) is 11.3 Å². The number of hydrogen-bond acceptors (Lipinski definition) is 2. The molecule has 2 aromatic rings. The lowest BCUT2D eigenvalue weighted by atomic mass is 10.1. The molecule has 0 spiro atoms. The van der Waals surface area contributed by atoms with E-state index < -0.39 is 0 Å². The van der Waals surface area contributed by atoms with Gasteiger partial charge in [0.15, 0.2) is 0 Å². The van der Waals surface area contributed by atoms with Gasteiger partial charge in [-0.05, 0) is 42.8 Å². The molecule has 0 radical (unpaired) electrons. The van der Waals surface area contributed by atoms with Crippen LogP contribution in [0, 0.1) is 17.1 Å². The fraction of sp³-hybridized carbons (Fsp3) is 0.133. The number of rotatable bonds is 3. The highest BCUT2D eigenvalue weighted by Gasteiger charge is 2.11. The Morgan fingerprint density at radius 1 is 1.15 bits per heavy atom. The fourth-order valence-corrected chi connectivity index (χ4v) is 2.43. The molecule has 0 heterocycles. The summed E-state index contributed by atoms with van der Waals surface area (Å²) in [5.74, 6) is -0.368. The van der Waals surface area contributed by atoms with Crippen LogP contribution in [0.5, 0.6) is 0 Å². The van der Waals surface area contributed by atoms with Crippen LogP contribution in [0.1, 0.15) is 24.1 Å². The standard InChI is InChI=1S/C15H11Cl2FN2/c1-9(13-5-3-11(18)6-15(13)17)20-12-4-2-10(8-19)14(16)7-12/h2-7,9,20H,1H3. The first-order valence-electron chi connectivity index (χ1n) is 5.92. The third kappa shape index (κ3) is 3.22. The first kappa shape index (κ1) is 14.6. The summed E-state index contributed by atoms with van der Waals surface area (Å²) in [5.41, 5.74) is 1.97. The molecular formula is C15H11Cl2FN2. The minimum atomic E-state index is -0.368. The molecule has 102 valence electrons. The van der Waals surface area contributed by atoms with Gasteiger partial charge in [0.05, 0.1) is 10.6 Å². The zero-order valence-electron chi connectivity index (χ0n) is 10.6. The number of halogens is 3. The summed E-state index contributed by atoms with van der Waals surface area (Å²) in [5, 5.41) is 12.8. The first-order chi connectivity index (χ1) is 9.51. The highest BCUT2D eigenvalue weighted by molar-refractivity contribution is 6.32. The van der Waals surface area contributed by atoms with E-state index >= 15 is 0 Å². The van der Waals surface area contributed by atoms with Crippen molar-refractivity contribution < 1.29 is 4.39 Å². The quantitative estimate of drug-likeness (QED) is 0.848. The predicted octanol–water partition coefficient (Wildman–Crippen LogP) is 5.18. The number of nitrogens with zero attached hydrogens (tertiary/aromatic N) is 1. The van der Waals surface area contributed by atoms with E-state index in [9.17, 15) is 4.39 Å². The van der Waals surface area contributed by atoms with Crippen LogP contribution >= 0.6 is 23.2 Å². The second kappa shape index (κ2) is 6.13. The maximum atomic E-state index is 13.0. The topological polar surface area (TPSA) is 35.8 Å². The lowest BCUT2D eigenvalue weighted by molar-refractivity contribution is 0.626. The Morgan fingerprint density at radius 3 is 2.50 bits per heavy atom. The smallest absolute Gasteiger partial charge is 0.124 e. The average Bonchev–Trinajstić information content (AvgIpc) is 2.38. The van der Waals surface area contributed by atoms with Crippen molar-refractivity contribution >= 4 is 28.9 Å². The van der Waals surface area contributed by atoms with Gasteiger partial charge in [-0.2, -0.15) is 5.26 Å². The average molecular weight is 309 g/mol. The van der Waals surface area contributed by atoms with E-state index in [0.29, 0.717) is 15.6 Å². The maximum absolute atomic E-state index is 13.0. The van der Waals surface area contributed by atoms with E-state index in [4.69, 9.17) is 28.5 Å². The van der Waals surface area contributed by atoms with E-state index in [2.05, 4.69) is 5.32 Å². The maximum Gasteiger partial charge on any atom is 0.124 e. The van der Waals surface area contributed by atoms with Gasteiger partial charge in [0, 0.05) is 16.8 Å². The van der Waals surface area contributed by atoms with Crippen molar-refractivity contribution in [3.05, 3.63) is 63.4 Å². The van der Waals surface area contributed by atoms with Crippen LogP contribution in [-0.4, -0.2) is 0 Å². The van der Waals surface area contributed by atoms with Gasteiger partial charge in [-0.25, -0.2) is 4.39 Å². The molecule has 0 saturated heterocycles. The van der Waals surface area contributed by atoms with Crippen molar-refractivity contribution in [2.45, 2.75) is 13.0 Å². The zero-order valence-corrected chi connectivity index (χ0v) is 12.1. The molecule has 1 N–H and O–H groups in total. The van der Waals surface area contributed by atoms with E-state index in [-0.39, 0.29) is 11.9 Å². The van der Waals surface area contributed by atoms with Crippen molar-refractivity contribution in [3.63, 3.8) is 0 Å². The molecule has 1 unspecified atom stereocenters. The number of nitriles is 1. The SMILES string of the molecule is CC(Nc1ccc(C#N)c(Cl)c1)c1ccc(F)cc1Cl. The monoisotopic (exact) mass is 308 g/mol. The fourth-order valence-electron chi connectivity index (χ4n) is 1.88. The van der Waals surface area contributed by atoms with Crippen molar-refractivity contribution in [2.75, 3.05) is 5.32 Å². The summed E-state index contributed by atoms with van der Waals surface area (Å²) in [6.45, 7) is 1.91. The van der Waals surface area contributed by atoms with Gasteiger partial charge in [0.1, 0.15) is 11.9 Å². The predicted molar refractivity (Wildman–Crippen MR) is 79.6 cm³/mol. The van der Waals surface area contributed by atoms with Crippen molar-refractivity contribution in [3.8, 4) is 6.07 Å². The van der Waals surface area contributed by atoms with Gasteiger partial charge in [-0.15, -0.1) is 0 Å². The van der Waals surface area contributed by atoms with Crippen LogP contribution in [0.15, 0.2) is 36.4 Å². The Bertz CT molecular complexity index is 680. The lowest BCUT2D eigenvalue weighted by Gasteiger charge is -2.17. The highest BCUT2D eigenvalue weighted by atomic mass is 35.5. The van der Waals surface area contributed by atoms with Crippen molar-refractivity contribution in [1.29, 1.82) is 5.26 Å². The van der Waals surface area contributed by atoms with Crippen molar-refractivity contribution in [1.82, 2.24) is 0 Å². The molecule has 1 atom stereocenters. The summed E-state index contributed by atoms with van der Waals surface area (Å²) in [4.78, 5) is 0.